The van der Waals surface area contributed by atoms with Crippen molar-refractivity contribution < 1.29 is 0 Å². The number of nitrogens with zero attached hydrogens (tertiary/aromatic N) is 4. The molecule has 1 N–H and O–H groups in total. The number of aliphatic imine (C=N–C) groups is 1. The zero-order chi connectivity index (χ0) is 17.5. The van der Waals surface area contributed by atoms with Crippen LogP contribution in [0.2, 0.25) is 5.02 Å². The van der Waals surface area contributed by atoms with E-state index >= 15 is 0 Å². The van der Waals surface area contributed by atoms with Crippen LogP contribution < -0.4 is 5.32 Å². The SMILES string of the molecule is CCNC(=NCC(C)CN1CCCC1)N(C)Cc1cc(Cl)cn1C.I. The fourth-order valence-corrected chi connectivity index (χ4v) is 3.49. The van der Waals surface area contributed by atoms with Gasteiger partial charge in [0.15, 0.2) is 5.96 Å². The van der Waals surface area contributed by atoms with Gasteiger partial charge < -0.3 is 19.7 Å². The lowest BCUT2D eigenvalue weighted by Gasteiger charge is -2.24. The first kappa shape index (κ1) is 22.6. The Kier molecular flexibility index (Phi) is 10.2. The fraction of sp³-hybridized carbons (Fsp3) is 0.722. The van der Waals surface area contributed by atoms with Gasteiger partial charge in [-0.2, -0.15) is 0 Å². The maximum Gasteiger partial charge on any atom is 0.194 e. The standard InChI is InChI=1S/C18H32ClN5.HI/c1-5-20-18(21-11-15(2)12-24-8-6-7-9-24)23(4)14-17-10-16(19)13-22(17)3;/h10,13,15H,5-9,11-12,14H2,1-4H3,(H,20,21);1H. The minimum Gasteiger partial charge on any atom is -0.357 e. The highest BCUT2D eigenvalue weighted by molar-refractivity contribution is 14.0. The topological polar surface area (TPSA) is 35.8 Å². The summed E-state index contributed by atoms with van der Waals surface area (Å²) in [6.45, 7) is 10.6. The summed E-state index contributed by atoms with van der Waals surface area (Å²) >= 11 is 6.08. The lowest BCUT2D eigenvalue weighted by molar-refractivity contribution is 0.291. The zero-order valence-corrected chi connectivity index (χ0v) is 19.1. The average Bonchev–Trinajstić information content (AvgIpc) is 3.13. The summed E-state index contributed by atoms with van der Waals surface area (Å²) in [6.07, 6.45) is 4.63. The van der Waals surface area contributed by atoms with Gasteiger partial charge in [0.1, 0.15) is 0 Å². The van der Waals surface area contributed by atoms with Gasteiger partial charge in [-0.15, -0.1) is 24.0 Å². The molecule has 1 atom stereocenters. The highest BCUT2D eigenvalue weighted by Gasteiger charge is 2.15. The van der Waals surface area contributed by atoms with Crippen LogP contribution >= 0.6 is 35.6 Å². The average molecular weight is 482 g/mol. The Morgan fingerprint density at radius 2 is 2.08 bits per heavy atom. The van der Waals surface area contributed by atoms with E-state index in [1.807, 2.05) is 19.3 Å². The van der Waals surface area contributed by atoms with Gasteiger partial charge in [0.25, 0.3) is 0 Å². The molecule has 1 aromatic heterocycles. The number of aryl methyl sites for hydroxylation is 1. The number of aromatic nitrogens is 1. The van der Waals surface area contributed by atoms with E-state index in [-0.39, 0.29) is 24.0 Å². The van der Waals surface area contributed by atoms with Crippen molar-refractivity contribution in [2.24, 2.45) is 18.0 Å². The van der Waals surface area contributed by atoms with Crippen LogP contribution in [0.3, 0.4) is 0 Å². The molecule has 1 saturated heterocycles. The third kappa shape index (κ3) is 7.35. The molecule has 7 heteroatoms. The Morgan fingerprint density at radius 3 is 2.64 bits per heavy atom. The van der Waals surface area contributed by atoms with Crippen molar-refractivity contribution in [1.29, 1.82) is 0 Å². The number of guanidine groups is 1. The molecule has 25 heavy (non-hydrogen) atoms. The van der Waals surface area contributed by atoms with Crippen LogP contribution in [0.1, 0.15) is 32.4 Å². The van der Waals surface area contributed by atoms with Crippen molar-refractivity contribution in [3.8, 4) is 0 Å². The van der Waals surface area contributed by atoms with Crippen molar-refractivity contribution >= 4 is 41.5 Å². The van der Waals surface area contributed by atoms with E-state index in [1.165, 1.54) is 31.6 Å². The molecular formula is C18H33ClIN5. The molecule has 0 saturated carbocycles. The molecule has 2 rings (SSSR count). The molecule has 0 bridgehead atoms. The van der Waals surface area contributed by atoms with Gasteiger partial charge in [0.05, 0.1) is 11.6 Å². The molecular weight excluding hydrogens is 449 g/mol. The van der Waals surface area contributed by atoms with Gasteiger partial charge in [-0.05, 0) is 44.8 Å². The molecule has 0 amide bonds. The van der Waals surface area contributed by atoms with Gasteiger partial charge in [-0.25, -0.2) is 0 Å². The zero-order valence-electron chi connectivity index (χ0n) is 16.0. The second kappa shape index (κ2) is 11.3. The van der Waals surface area contributed by atoms with Crippen molar-refractivity contribution in [1.82, 2.24) is 19.7 Å². The largest absolute Gasteiger partial charge is 0.357 e. The van der Waals surface area contributed by atoms with Crippen LogP contribution in [0.4, 0.5) is 0 Å². The molecule has 5 nitrogen and oxygen atoms in total. The Labute approximate surface area is 174 Å². The summed E-state index contributed by atoms with van der Waals surface area (Å²) in [5.41, 5.74) is 1.18. The summed E-state index contributed by atoms with van der Waals surface area (Å²) in [5, 5.41) is 4.18. The van der Waals surface area contributed by atoms with E-state index < -0.39 is 0 Å². The number of hydrogen-bond donors (Lipinski definition) is 1. The predicted octanol–water partition coefficient (Wildman–Crippen LogP) is 3.43. The van der Waals surface area contributed by atoms with Gasteiger partial charge in [0, 0.05) is 45.6 Å². The van der Waals surface area contributed by atoms with Crippen LogP contribution in [0.25, 0.3) is 0 Å². The van der Waals surface area contributed by atoms with Crippen molar-refractivity contribution in [2.75, 3.05) is 39.8 Å². The first-order valence-corrected chi connectivity index (χ1v) is 9.40. The molecule has 0 aliphatic carbocycles. The van der Waals surface area contributed by atoms with Crippen molar-refractivity contribution in [3.63, 3.8) is 0 Å². The normalized spacial score (nSPS) is 16.6. The molecule has 0 aromatic carbocycles. The first-order chi connectivity index (χ1) is 11.5. The summed E-state index contributed by atoms with van der Waals surface area (Å²) < 4.78 is 2.07. The fourth-order valence-electron chi connectivity index (χ4n) is 3.22. The number of hydrogen-bond acceptors (Lipinski definition) is 2. The van der Waals surface area contributed by atoms with Crippen LogP contribution in [0.5, 0.6) is 0 Å². The van der Waals surface area contributed by atoms with E-state index in [4.69, 9.17) is 16.6 Å². The highest BCUT2D eigenvalue weighted by atomic mass is 127. The predicted molar refractivity (Wildman–Crippen MR) is 118 cm³/mol. The minimum atomic E-state index is 0. The maximum absolute atomic E-state index is 6.08. The quantitative estimate of drug-likeness (QED) is 0.368. The minimum absolute atomic E-state index is 0. The number of rotatable bonds is 7. The Hall–Kier alpha value is -0.470. The second-order valence-electron chi connectivity index (χ2n) is 6.92. The van der Waals surface area contributed by atoms with E-state index in [9.17, 15) is 0 Å². The van der Waals surface area contributed by atoms with E-state index in [1.54, 1.807) is 0 Å². The van der Waals surface area contributed by atoms with Crippen LogP contribution in [0, 0.1) is 5.92 Å². The van der Waals surface area contributed by atoms with Crippen LogP contribution in [-0.4, -0.2) is 60.1 Å². The Bertz CT molecular complexity index is 540. The number of halogens is 2. The van der Waals surface area contributed by atoms with E-state index in [2.05, 4.69) is 40.6 Å². The molecule has 1 aliphatic rings. The molecule has 1 fully saturated rings. The van der Waals surface area contributed by atoms with E-state index in [0.29, 0.717) is 5.92 Å². The van der Waals surface area contributed by atoms with Gasteiger partial charge in [-0.3, -0.25) is 4.99 Å². The van der Waals surface area contributed by atoms with Crippen molar-refractivity contribution in [3.05, 3.63) is 23.0 Å². The molecule has 0 radical (unpaired) electrons. The maximum atomic E-state index is 6.08. The highest BCUT2D eigenvalue weighted by Crippen LogP contribution is 2.14. The molecule has 144 valence electrons. The van der Waals surface area contributed by atoms with Gasteiger partial charge >= 0.3 is 0 Å². The Morgan fingerprint density at radius 1 is 1.40 bits per heavy atom. The molecule has 1 unspecified atom stereocenters. The summed E-state index contributed by atoms with van der Waals surface area (Å²) in [7, 11) is 4.10. The lowest BCUT2D eigenvalue weighted by Crippen LogP contribution is -2.39. The molecule has 1 aromatic rings. The monoisotopic (exact) mass is 481 g/mol. The third-order valence-corrected chi connectivity index (χ3v) is 4.70. The van der Waals surface area contributed by atoms with Gasteiger partial charge in [0.2, 0.25) is 0 Å². The molecule has 2 heterocycles. The van der Waals surface area contributed by atoms with Crippen LogP contribution in [0.15, 0.2) is 17.3 Å². The first-order valence-electron chi connectivity index (χ1n) is 9.02. The second-order valence-corrected chi connectivity index (χ2v) is 7.36. The third-order valence-electron chi connectivity index (χ3n) is 4.49. The molecule has 0 spiro atoms. The van der Waals surface area contributed by atoms with Crippen molar-refractivity contribution in [2.45, 2.75) is 33.2 Å². The van der Waals surface area contributed by atoms with Gasteiger partial charge in [-0.1, -0.05) is 18.5 Å². The number of nitrogens with one attached hydrogen (secondary N) is 1. The lowest BCUT2D eigenvalue weighted by atomic mass is 10.2. The molecule has 1 aliphatic heterocycles. The smallest absolute Gasteiger partial charge is 0.194 e. The van der Waals surface area contributed by atoms with Crippen LogP contribution in [-0.2, 0) is 13.6 Å². The summed E-state index contributed by atoms with van der Waals surface area (Å²) in [5.74, 6) is 1.54. The number of likely N-dealkylation sites (tertiary alicyclic amines) is 1. The van der Waals surface area contributed by atoms with E-state index in [0.717, 1.165) is 37.2 Å². The summed E-state index contributed by atoms with van der Waals surface area (Å²) in [6, 6.07) is 2.01. The Balaban J connectivity index is 0.00000312. The summed E-state index contributed by atoms with van der Waals surface area (Å²) in [4.78, 5) is 9.57.